The van der Waals surface area contributed by atoms with Crippen molar-refractivity contribution >= 4 is 38.8 Å². The maximum atomic E-state index is 12.2. The number of benzene rings is 2. The first-order valence-corrected chi connectivity index (χ1v) is 9.51. The average molecular weight is 430 g/mol. The number of hydrogen-bond acceptors (Lipinski definition) is 4. The molecule has 0 bridgehead atoms. The van der Waals surface area contributed by atoms with Crippen LogP contribution in [0.15, 0.2) is 53.0 Å². The SMILES string of the molecule is CCOC(=O)Cn1c(CCNC(=O)c2ccc(Br)cc2)nc2ccccc21. The van der Waals surface area contributed by atoms with Gasteiger partial charge in [-0.25, -0.2) is 4.98 Å². The lowest BCUT2D eigenvalue weighted by molar-refractivity contribution is -0.143. The number of nitrogens with zero attached hydrogens (tertiary/aromatic N) is 2. The largest absolute Gasteiger partial charge is 0.465 e. The fraction of sp³-hybridized carbons (Fsp3) is 0.250. The smallest absolute Gasteiger partial charge is 0.326 e. The number of carbonyl (C=O) groups is 2. The van der Waals surface area contributed by atoms with Crippen molar-refractivity contribution in [1.82, 2.24) is 14.9 Å². The molecule has 1 N–H and O–H groups in total. The molecule has 0 aliphatic carbocycles. The molecule has 7 heteroatoms. The molecule has 0 aliphatic heterocycles. The minimum Gasteiger partial charge on any atom is -0.465 e. The number of amides is 1. The van der Waals surface area contributed by atoms with E-state index in [-0.39, 0.29) is 18.4 Å². The van der Waals surface area contributed by atoms with Crippen molar-refractivity contribution in [3.05, 3.63) is 64.4 Å². The molecule has 140 valence electrons. The number of aromatic nitrogens is 2. The first-order valence-electron chi connectivity index (χ1n) is 8.72. The van der Waals surface area contributed by atoms with E-state index in [4.69, 9.17) is 4.74 Å². The molecule has 27 heavy (non-hydrogen) atoms. The first-order chi connectivity index (χ1) is 13.1. The molecule has 1 heterocycles. The highest BCUT2D eigenvalue weighted by Gasteiger charge is 2.14. The molecule has 0 spiro atoms. The van der Waals surface area contributed by atoms with Crippen LogP contribution in [0.2, 0.25) is 0 Å². The number of rotatable bonds is 7. The summed E-state index contributed by atoms with van der Waals surface area (Å²) < 4.78 is 7.84. The van der Waals surface area contributed by atoms with E-state index >= 15 is 0 Å². The fourth-order valence-corrected chi connectivity index (χ4v) is 3.08. The van der Waals surface area contributed by atoms with Gasteiger partial charge in [0.25, 0.3) is 5.91 Å². The van der Waals surface area contributed by atoms with Crippen molar-refractivity contribution in [2.75, 3.05) is 13.2 Å². The van der Waals surface area contributed by atoms with Crippen LogP contribution in [0.4, 0.5) is 0 Å². The van der Waals surface area contributed by atoms with Crippen LogP contribution in [0.3, 0.4) is 0 Å². The van der Waals surface area contributed by atoms with Gasteiger partial charge in [0.05, 0.1) is 17.6 Å². The van der Waals surface area contributed by atoms with Crippen molar-refractivity contribution in [2.45, 2.75) is 19.9 Å². The Labute approximate surface area is 165 Å². The quantitative estimate of drug-likeness (QED) is 0.584. The number of imidazole rings is 1. The summed E-state index contributed by atoms with van der Waals surface area (Å²) in [6, 6.07) is 14.8. The Balaban J connectivity index is 1.71. The maximum absolute atomic E-state index is 12.2. The normalized spacial score (nSPS) is 10.7. The van der Waals surface area contributed by atoms with E-state index < -0.39 is 0 Å². The van der Waals surface area contributed by atoms with Crippen molar-refractivity contribution in [3.8, 4) is 0 Å². The van der Waals surface area contributed by atoms with Gasteiger partial charge >= 0.3 is 5.97 Å². The summed E-state index contributed by atoms with van der Waals surface area (Å²) in [5.74, 6) is 0.289. The van der Waals surface area contributed by atoms with Crippen molar-refractivity contribution in [3.63, 3.8) is 0 Å². The van der Waals surface area contributed by atoms with Crippen LogP contribution in [-0.4, -0.2) is 34.6 Å². The third kappa shape index (κ3) is 4.74. The maximum Gasteiger partial charge on any atom is 0.326 e. The molecular weight excluding hydrogens is 410 g/mol. The predicted octanol–water partition coefficient (Wildman–Crippen LogP) is 3.33. The summed E-state index contributed by atoms with van der Waals surface area (Å²) >= 11 is 3.35. The van der Waals surface area contributed by atoms with Crippen molar-refractivity contribution in [1.29, 1.82) is 0 Å². The van der Waals surface area contributed by atoms with E-state index in [0.717, 1.165) is 21.3 Å². The van der Waals surface area contributed by atoms with Gasteiger partial charge in [-0.3, -0.25) is 9.59 Å². The molecule has 3 aromatic rings. The van der Waals surface area contributed by atoms with E-state index in [0.29, 0.717) is 25.1 Å². The molecule has 6 nitrogen and oxygen atoms in total. The Morgan fingerprint density at radius 1 is 1.15 bits per heavy atom. The monoisotopic (exact) mass is 429 g/mol. The molecule has 0 unspecified atom stereocenters. The van der Waals surface area contributed by atoms with Gasteiger partial charge < -0.3 is 14.6 Å². The molecule has 0 saturated heterocycles. The summed E-state index contributed by atoms with van der Waals surface area (Å²) in [5.41, 5.74) is 2.29. The highest BCUT2D eigenvalue weighted by atomic mass is 79.9. The molecule has 0 fully saturated rings. The third-order valence-corrected chi connectivity index (χ3v) is 4.60. The standard InChI is InChI=1S/C20H20BrN3O3/c1-2-27-19(25)13-24-17-6-4-3-5-16(17)23-18(24)11-12-22-20(26)14-7-9-15(21)10-8-14/h3-10H,2,11-13H2,1H3,(H,22,26). The molecule has 0 aliphatic rings. The lowest BCUT2D eigenvalue weighted by Crippen LogP contribution is -2.27. The molecule has 1 aromatic heterocycles. The topological polar surface area (TPSA) is 73.2 Å². The number of halogens is 1. The molecule has 1 amide bonds. The summed E-state index contributed by atoms with van der Waals surface area (Å²) in [7, 11) is 0. The number of ether oxygens (including phenoxy) is 1. The first kappa shape index (κ1) is 19.1. The Hall–Kier alpha value is -2.67. The van der Waals surface area contributed by atoms with Gasteiger partial charge in [-0.2, -0.15) is 0 Å². The zero-order chi connectivity index (χ0) is 19.2. The van der Waals surface area contributed by atoms with Gasteiger partial charge in [-0.05, 0) is 43.3 Å². The summed E-state index contributed by atoms with van der Waals surface area (Å²) in [4.78, 5) is 28.8. The van der Waals surface area contributed by atoms with Gasteiger partial charge in [-0.15, -0.1) is 0 Å². The number of fused-ring (bicyclic) bond motifs is 1. The second-order valence-electron chi connectivity index (χ2n) is 5.92. The zero-order valence-electron chi connectivity index (χ0n) is 14.9. The minimum atomic E-state index is -0.305. The fourth-order valence-electron chi connectivity index (χ4n) is 2.82. The number of nitrogens with one attached hydrogen (secondary N) is 1. The van der Waals surface area contributed by atoms with Crippen LogP contribution >= 0.6 is 15.9 Å². The highest BCUT2D eigenvalue weighted by molar-refractivity contribution is 9.10. The average Bonchev–Trinajstić information content (AvgIpc) is 3.00. The second kappa shape index (κ2) is 8.81. The van der Waals surface area contributed by atoms with Gasteiger partial charge in [0.1, 0.15) is 12.4 Å². The van der Waals surface area contributed by atoms with Crippen LogP contribution in [0.5, 0.6) is 0 Å². The molecule has 2 aromatic carbocycles. The number of hydrogen-bond donors (Lipinski definition) is 1. The van der Waals surface area contributed by atoms with Gasteiger partial charge in [0.2, 0.25) is 0 Å². The van der Waals surface area contributed by atoms with Crippen LogP contribution in [0.1, 0.15) is 23.1 Å². The Bertz CT molecular complexity index is 951. The van der Waals surface area contributed by atoms with Crippen LogP contribution in [0, 0.1) is 0 Å². The van der Waals surface area contributed by atoms with Crippen molar-refractivity contribution < 1.29 is 14.3 Å². The lowest BCUT2D eigenvalue weighted by Gasteiger charge is -2.09. The van der Waals surface area contributed by atoms with Gasteiger partial charge in [0.15, 0.2) is 0 Å². The minimum absolute atomic E-state index is 0.102. The van der Waals surface area contributed by atoms with E-state index in [9.17, 15) is 9.59 Å². The van der Waals surface area contributed by atoms with Crippen molar-refractivity contribution in [2.24, 2.45) is 0 Å². The Kier molecular flexibility index (Phi) is 6.24. The Morgan fingerprint density at radius 3 is 2.63 bits per heavy atom. The Morgan fingerprint density at radius 2 is 1.89 bits per heavy atom. The van der Waals surface area contributed by atoms with Crippen LogP contribution in [0.25, 0.3) is 11.0 Å². The highest BCUT2D eigenvalue weighted by Crippen LogP contribution is 2.17. The number of carbonyl (C=O) groups excluding carboxylic acids is 2. The molecular formula is C20H20BrN3O3. The van der Waals surface area contributed by atoms with Crippen LogP contribution in [-0.2, 0) is 22.5 Å². The van der Waals surface area contributed by atoms with E-state index in [1.54, 1.807) is 19.1 Å². The number of para-hydroxylation sites is 2. The zero-order valence-corrected chi connectivity index (χ0v) is 16.5. The molecule has 0 radical (unpaired) electrons. The number of esters is 1. The molecule has 0 atom stereocenters. The molecule has 0 saturated carbocycles. The van der Waals surface area contributed by atoms with Gasteiger partial charge in [-0.1, -0.05) is 28.1 Å². The van der Waals surface area contributed by atoms with E-state index in [1.165, 1.54) is 0 Å². The van der Waals surface area contributed by atoms with Crippen LogP contribution < -0.4 is 5.32 Å². The van der Waals surface area contributed by atoms with E-state index in [1.807, 2.05) is 41.0 Å². The van der Waals surface area contributed by atoms with Gasteiger partial charge in [0, 0.05) is 23.0 Å². The summed E-state index contributed by atoms with van der Waals surface area (Å²) in [5, 5.41) is 2.89. The summed E-state index contributed by atoms with van der Waals surface area (Å²) in [6.07, 6.45) is 0.510. The van der Waals surface area contributed by atoms with E-state index in [2.05, 4.69) is 26.2 Å². The lowest BCUT2D eigenvalue weighted by atomic mass is 10.2. The second-order valence-corrected chi connectivity index (χ2v) is 6.84. The third-order valence-electron chi connectivity index (χ3n) is 4.07. The predicted molar refractivity (Wildman–Crippen MR) is 107 cm³/mol. The molecule has 3 rings (SSSR count). The summed E-state index contributed by atoms with van der Waals surface area (Å²) in [6.45, 7) is 2.64.